The number of hydrogen-bond acceptors (Lipinski definition) is 6. The minimum absolute atomic E-state index is 0.0780. The molecule has 1 saturated heterocycles. The van der Waals surface area contributed by atoms with E-state index < -0.39 is 5.97 Å². The summed E-state index contributed by atoms with van der Waals surface area (Å²) in [4.78, 5) is 26.2. The summed E-state index contributed by atoms with van der Waals surface area (Å²) in [5.74, 6) is -0.299. The van der Waals surface area contributed by atoms with E-state index in [-0.39, 0.29) is 18.1 Å². The van der Waals surface area contributed by atoms with Crippen LogP contribution in [0.1, 0.15) is 28.4 Å². The third-order valence-electron chi connectivity index (χ3n) is 5.05. The number of halogens is 1. The van der Waals surface area contributed by atoms with Crippen molar-refractivity contribution < 1.29 is 24.2 Å². The van der Waals surface area contributed by atoms with Gasteiger partial charge in [0.15, 0.2) is 15.8 Å². The lowest BCUT2D eigenvalue weighted by molar-refractivity contribution is -0.113. The van der Waals surface area contributed by atoms with E-state index in [1.165, 1.54) is 17.0 Å². The van der Waals surface area contributed by atoms with Crippen molar-refractivity contribution >= 4 is 63.5 Å². The number of amides is 1. The molecule has 0 bridgehead atoms. The van der Waals surface area contributed by atoms with Gasteiger partial charge in [0, 0.05) is 10.6 Å². The minimum atomic E-state index is -1.08. The molecule has 0 atom stereocenters. The summed E-state index contributed by atoms with van der Waals surface area (Å²) in [6.07, 6.45) is 1.72. The zero-order chi connectivity index (χ0) is 24.9. The molecule has 0 unspecified atom stereocenters. The number of carbonyl (C=O) groups is 2. The number of thioether (sulfide) groups is 1. The zero-order valence-electron chi connectivity index (χ0n) is 18.6. The second kappa shape index (κ2) is 10.9. The third-order valence-corrected chi connectivity index (χ3v) is 6.72. The van der Waals surface area contributed by atoms with Crippen molar-refractivity contribution in [2.75, 3.05) is 11.5 Å². The van der Waals surface area contributed by atoms with Crippen LogP contribution in [0.3, 0.4) is 0 Å². The van der Waals surface area contributed by atoms with E-state index in [0.717, 1.165) is 22.9 Å². The van der Waals surface area contributed by atoms with E-state index >= 15 is 0 Å². The molecule has 0 aliphatic carbocycles. The van der Waals surface area contributed by atoms with Gasteiger partial charge in [0.1, 0.15) is 6.61 Å². The van der Waals surface area contributed by atoms with Gasteiger partial charge in [-0.1, -0.05) is 65.9 Å². The van der Waals surface area contributed by atoms with Crippen molar-refractivity contribution in [1.82, 2.24) is 0 Å². The van der Waals surface area contributed by atoms with Crippen LogP contribution in [0.4, 0.5) is 5.69 Å². The van der Waals surface area contributed by atoms with E-state index in [9.17, 15) is 14.7 Å². The van der Waals surface area contributed by atoms with Crippen LogP contribution in [0.25, 0.3) is 6.08 Å². The van der Waals surface area contributed by atoms with Gasteiger partial charge >= 0.3 is 5.97 Å². The summed E-state index contributed by atoms with van der Waals surface area (Å²) >= 11 is 12.8. The fourth-order valence-corrected chi connectivity index (χ4v) is 4.88. The Bertz CT molecular complexity index is 1340. The number of hydrogen-bond donors (Lipinski definition) is 1. The van der Waals surface area contributed by atoms with Gasteiger partial charge in [0.05, 0.1) is 22.8 Å². The summed E-state index contributed by atoms with van der Waals surface area (Å²) < 4.78 is 12.0. The number of carboxylic acid groups (broad SMARTS) is 1. The smallest absolute Gasteiger partial charge is 0.335 e. The topological polar surface area (TPSA) is 76.1 Å². The molecule has 35 heavy (non-hydrogen) atoms. The van der Waals surface area contributed by atoms with Gasteiger partial charge in [-0.2, -0.15) is 0 Å². The van der Waals surface area contributed by atoms with Crippen LogP contribution >= 0.6 is 35.6 Å². The van der Waals surface area contributed by atoms with E-state index in [4.69, 9.17) is 33.3 Å². The highest BCUT2D eigenvalue weighted by atomic mass is 35.5. The van der Waals surface area contributed by atoms with Crippen LogP contribution in [0, 0.1) is 0 Å². The first kappa shape index (κ1) is 24.8. The number of thiocarbonyl (C=S) groups is 1. The fraction of sp³-hybridized carbons (Fsp3) is 0.115. The minimum Gasteiger partial charge on any atom is -0.490 e. The Morgan fingerprint density at radius 3 is 2.63 bits per heavy atom. The van der Waals surface area contributed by atoms with Gasteiger partial charge in [-0.3, -0.25) is 9.69 Å². The van der Waals surface area contributed by atoms with Crippen LogP contribution in [0.2, 0.25) is 5.02 Å². The molecule has 178 valence electrons. The standard InChI is InChI=1S/C26H20ClNO5S2/c1-2-32-22-12-16(10-11-21(22)33-15-18-6-3-4-9-20(18)27)13-23-24(29)28(26(34)35-23)19-8-5-7-17(14-19)25(30)31/h3-14H,2,15H2,1H3,(H,30,31)/b23-13-. The molecule has 1 fully saturated rings. The Kier molecular flexibility index (Phi) is 7.75. The maximum atomic E-state index is 13.1. The molecule has 1 heterocycles. The quantitative estimate of drug-likeness (QED) is 0.268. The Hall–Kier alpha value is -3.33. The predicted molar refractivity (Wildman–Crippen MR) is 142 cm³/mol. The molecular weight excluding hydrogens is 506 g/mol. The summed E-state index contributed by atoms with van der Waals surface area (Å²) in [5.41, 5.74) is 2.08. The molecule has 0 spiro atoms. The largest absolute Gasteiger partial charge is 0.490 e. The highest BCUT2D eigenvalue weighted by molar-refractivity contribution is 8.27. The summed E-state index contributed by atoms with van der Waals surface area (Å²) in [6, 6.07) is 19.0. The Morgan fingerprint density at radius 2 is 1.89 bits per heavy atom. The number of carbonyl (C=O) groups excluding carboxylic acids is 1. The van der Waals surface area contributed by atoms with Crippen molar-refractivity contribution in [3.8, 4) is 11.5 Å². The number of ether oxygens (including phenoxy) is 2. The first-order valence-electron chi connectivity index (χ1n) is 10.6. The average Bonchev–Trinajstić information content (AvgIpc) is 3.12. The van der Waals surface area contributed by atoms with Gasteiger partial charge in [0.2, 0.25) is 0 Å². The molecule has 0 saturated carbocycles. The lowest BCUT2D eigenvalue weighted by Crippen LogP contribution is -2.27. The maximum Gasteiger partial charge on any atom is 0.335 e. The van der Waals surface area contributed by atoms with Crippen LogP contribution in [-0.2, 0) is 11.4 Å². The second-order valence-corrected chi connectivity index (χ2v) is 9.47. The van der Waals surface area contributed by atoms with E-state index in [0.29, 0.717) is 38.0 Å². The van der Waals surface area contributed by atoms with E-state index in [1.807, 2.05) is 31.2 Å². The predicted octanol–water partition coefficient (Wildman–Crippen LogP) is 6.42. The third kappa shape index (κ3) is 5.67. The molecule has 6 nitrogen and oxygen atoms in total. The number of benzene rings is 3. The van der Waals surface area contributed by atoms with Crippen LogP contribution in [0.5, 0.6) is 11.5 Å². The molecule has 3 aromatic rings. The number of aromatic carboxylic acids is 1. The first-order chi connectivity index (χ1) is 16.9. The summed E-state index contributed by atoms with van der Waals surface area (Å²) in [5, 5.41) is 9.88. The van der Waals surface area contributed by atoms with Gasteiger partial charge < -0.3 is 14.6 Å². The van der Waals surface area contributed by atoms with Gasteiger partial charge in [-0.25, -0.2) is 4.79 Å². The van der Waals surface area contributed by atoms with Crippen LogP contribution in [-0.4, -0.2) is 27.9 Å². The fourth-order valence-electron chi connectivity index (χ4n) is 3.39. The summed E-state index contributed by atoms with van der Waals surface area (Å²) in [7, 11) is 0. The van der Waals surface area contributed by atoms with Gasteiger partial charge in [0.25, 0.3) is 5.91 Å². The van der Waals surface area contributed by atoms with Crippen LogP contribution < -0.4 is 14.4 Å². The molecule has 9 heteroatoms. The van der Waals surface area contributed by atoms with E-state index in [1.54, 1.807) is 36.4 Å². The molecular formula is C26H20ClNO5S2. The lowest BCUT2D eigenvalue weighted by Gasteiger charge is -2.15. The monoisotopic (exact) mass is 525 g/mol. The van der Waals surface area contributed by atoms with Crippen molar-refractivity contribution in [2.24, 2.45) is 0 Å². The molecule has 1 aliphatic heterocycles. The zero-order valence-corrected chi connectivity index (χ0v) is 21.0. The molecule has 0 radical (unpaired) electrons. The van der Waals surface area contributed by atoms with Crippen molar-refractivity contribution in [1.29, 1.82) is 0 Å². The number of nitrogens with zero attached hydrogens (tertiary/aromatic N) is 1. The first-order valence-corrected chi connectivity index (χ1v) is 12.2. The molecule has 0 aromatic heterocycles. The van der Waals surface area contributed by atoms with Crippen molar-refractivity contribution in [3.63, 3.8) is 0 Å². The normalized spacial score (nSPS) is 14.5. The highest BCUT2D eigenvalue weighted by Gasteiger charge is 2.33. The molecule has 1 N–H and O–H groups in total. The number of carboxylic acids is 1. The lowest BCUT2D eigenvalue weighted by atomic mass is 10.1. The Balaban J connectivity index is 1.57. The molecule has 1 amide bonds. The number of anilines is 1. The van der Waals surface area contributed by atoms with Crippen molar-refractivity contribution in [2.45, 2.75) is 13.5 Å². The Labute approximate surface area is 217 Å². The summed E-state index contributed by atoms with van der Waals surface area (Å²) in [6.45, 7) is 2.60. The average molecular weight is 526 g/mol. The molecule has 3 aromatic carbocycles. The second-order valence-electron chi connectivity index (χ2n) is 7.39. The van der Waals surface area contributed by atoms with E-state index in [2.05, 4.69) is 0 Å². The van der Waals surface area contributed by atoms with Gasteiger partial charge in [-0.05, 0) is 55.0 Å². The number of rotatable bonds is 8. The highest BCUT2D eigenvalue weighted by Crippen LogP contribution is 2.37. The SMILES string of the molecule is CCOc1cc(/C=C2\SC(=S)N(c3cccc(C(=O)O)c3)C2=O)ccc1OCc1ccccc1Cl. The molecule has 4 rings (SSSR count). The Morgan fingerprint density at radius 1 is 1.09 bits per heavy atom. The maximum absolute atomic E-state index is 13.1. The van der Waals surface area contributed by atoms with Crippen LogP contribution in [0.15, 0.2) is 71.6 Å². The van der Waals surface area contributed by atoms with Crippen molar-refractivity contribution in [3.05, 3.63) is 93.3 Å². The van der Waals surface area contributed by atoms with Gasteiger partial charge in [-0.15, -0.1) is 0 Å². The molecule has 1 aliphatic rings.